The summed E-state index contributed by atoms with van der Waals surface area (Å²) in [5, 5.41) is 0. The van der Waals surface area contributed by atoms with E-state index in [-0.39, 0.29) is 5.41 Å². The molecule has 1 aliphatic carbocycles. The number of Topliss-reactive ketones (excluding diaryl/α,β-unsaturated/α-hetero) is 1. The van der Waals surface area contributed by atoms with E-state index in [2.05, 4.69) is 13.8 Å². The highest BCUT2D eigenvalue weighted by Crippen LogP contribution is 2.43. The van der Waals surface area contributed by atoms with Crippen LogP contribution in [0.5, 0.6) is 0 Å². The molecule has 1 fully saturated rings. The van der Waals surface area contributed by atoms with E-state index >= 15 is 0 Å². The Hall–Kier alpha value is -0.370. The first-order valence-corrected chi connectivity index (χ1v) is 7.19. The molecular formula is C15H28O2. The van der Waals surface area contributed by atoms with Crippen LogP contribution in [-0.2, 0) is 9.53 Å². The maximum atomic E-state index is 12.5. The zero-order valence-corrected chi connectivity index (χ0v) is 11.8. The topological polar surface area (TPSA) is 26.3 Å². The van der Waals surface area contributed by atoms with E-state index in [0.29, 0.717) is 18.3 Å². The van der Waals surface area contributed by atoms with Crippen LogP contribution in [0.15, 0.2) is 0 Å². The third-order valence-electron chi connectivity index (χ3n) is 4.42. The number of carbonyl (C=O) groups excluding carboxylic acids is 1. The van der Waals surface area contributed by atoms with Crippen molar-refractivity contribution in [1.82, 2.24) is 0 Å². The number of ether oxygens (including phenoxy) is 1. The summed E-state index contributed by atoms with van der Waals surface area (Å²) in [7, 11) is 1.72. The zero-order valence-electron chi connectivity index (χ0n) is 11.8. The fraction of sp³-hybridized carbons (Fsp3) is 0.933. The van der Waals surface area contributed by atoms with Gasteiger partial charge in [-0.1, -0.05) is 39.5 Å². The lowest BCUT2D eigenvalue weighted by Gasteiger charge is -2.41. The van der Waals surface area contributed by atoms with Crippen LogP contribution in [0.3, 0.4) is 0 Å². The number of ketones is 1. The molecule has 0 aromatic heterocycles. The fourth-order valence-corrected chi connectivity index (χ4v) is 3.16. The average molecular weight is 240 g/mol. The molecule has 0 bridgehead atoms. The van der Waals surface area contributed by atoms with E-state index in [9.17, 15) is 4.79 Å². The Balaban J connectivity index is 2.65. The van der Waals surface area contributed by atoms with E-state index in [0.717, 1.165) is 19.3 Å². The molecule has 0 amide bonds. The van der Waals surface area contributed by atoms with Gasteiger partial charge in [0, 0.05) is 13.5 Å². The van der Waals surface area contributed by atoms with Crippen LogP contribution in [0.2, 0.25) is 0 Å². The van der Waals surface area contributed by atoms with Gasteiger partial charge >= 0.3 is 0 Å². The Labute approximate surface area is 106 Å². The van der Waals surface area contributed by atoms with Crippen molar-refractivity contribution in [3.63, 3.8) is 0 Å². The molecule has 0 saturated heterocycles. The van der Waals surface area contributed by atoms with Gasteiger partial charge in [-0.3, -0.25) is 4.79 Å². The van der Waals surface area contributed by atoms with Gasteiger partial charge in [-0.15, -0.1) is 0 Å². The Kier molecular flexibility index (Phi) is 6.18. The van der Waals surface area contributed by atoms with Crippen LogP contribution in [-0.4, -0.2) is 19.5 Å². The molecule has 2 unspecified atom stereocenters. The molecule has 0 spiro atoms. The van der Waals surface area contributed by atoms with Gasteiger partial charge in [-0.05, 0) is 25.2 Å². The van der Waals surface area contributed by atoms with E-state index < -0.39 is 0 Å². The SMILES string of the molecule is CCCCCC(=O)C1(COC)CCCCC1C. The third kappa shape index (κ3) is 3.54. The van der Waals surface area contributed by atoms with Crippen LogP contribution < -0.4 is 0 Å². The highest BCUT2D eigenvalue weighted by molar-refractivity contribution is 5.85. The first-order valence-electron chi connectivity index (χ1n) is 7.19. The smallest absolute Gasteiger partial charge is 0.141 e. The van der Waals surface area contributed by atoms with E-state index in [1.165, 1.54) is 32.1 Å². The predicted octanol–water partition coefficient (Wildman–Crippen LogP) is 3.98. The maximum absolute atomic E-state index is 12.5. The first-order chi connectivity index (χ1) is 8.17. The minimum absolute atomic E-state index is 0.166. The van der Waals surface area contributed by atoms with Gasteiger partial charge < -0.3 is 4.74 Å². The van der Waals surface area contributed by atoms with Gasteiger partial charge in [0.25, 0.3) is 0 Å². The van der Waals surface area contributed by atoms with Crippen LogP contribution in [0.1, 0.15) is 65.2 Å². The molecule has 0 N–H and O–H groups in total. The fourth-order valence-electron chi connectivity index (χ4n) is 3.16. The number of methoxy groups -OCH3 is 1. The minimum atomic E-state index is -0.166. The van der Waals surface area contributed by atoms with Crippen molar-refractivity contribution >= 4 is 5.78 Å². The Morgan fingerprint density at radius 3 is 2.71 bits per heavy atom. The van der Waals surface area contributed by atoms with Crippen LogP contribution >= 0.6 is 0 Å². The summed E-state index contributed by atoms with van der Waals surface area (Å²) < 4.78 is 5.36. The Morgan fingerprint density at radius 1 is 1.35 bits per heavy atom. The zero-order chi connectivity index (χ0) is 12.7. The van der Waals surface area contributed by atoms with Crippen LogP contribution in [0.4, 0.5) is 0 Å². The molecule has 2 nitrogen and oxygen atoms in total. The largest absolute Gasteiger partial charge is 0.384 e. The summed E-state index contributed by atoms with van der Waals surface area (Å²) in [5.74, 6) is 0.949. The number of carbonyl (C=O) groups is 1. The lowest BCUT2D eigenvalue weighted by Crippen LogP contribution is -2.43. The Morgan fingerprint density at radius 2 is 2.12 bits per heavy atom. The van der Waals surface area contributed by atoms with Crippen LogP contribution in [0.25, 0.3) is 0 Å². The van der Waals surface area contributed by atoms with Crippen molar-refractivity contribution in [2.24, 2.45) is 11.3 Å². The van der Waals surface area contributed by atoms with Crippen molar-refractivity contribution in [3.8, 4) is 0 Å². The first kappa shape index (κ1) is 14.7. The summed E-state index contributed by atoms with van der Waals surface area (Å²) in [6.07, 6.45) is 8.83. The average Bonchev–Trinajstić information content (AvgIpc) is 2.32. The van der Waals surface area contributed by atoms with Gasteiger partial charge in [-0.25, -0.2) is 0 Å². The van der Waals surface area contributed by atoms with Crippen molar-refractivity contribution in [2.45, 2.75) is 65.2 Å². The van der Waals surface area contributed by atoms with Crippen LogP contribution in [0, 0.1) is 11.3 Å². The van der Waals surface area contributed by atoms with E-state index in [1.807, 2.05) is 0 Å². The van der Waals surface area contributed by atoms with Gasteiger partial charge in [0.15, 0.2) is 0 Å². The summed E-state index contributed by atoms with van der Waals surface area (Å²) >= 11 is 0. The highest BCUT2D eigenvalue weighted by atomic mass is 16.5. The second kappa shape index (κ2) is 7.15. The van der Waals surface area contributed by atoms with E-state index in [1.54, 1.807) is 7.11 Å². The Bertz CT molecular complexity index is 233. The maximum Gasteiger partial charge on any atom is 0.141 e. The summed E-state index contributed by atoms with van der Waals surface area (Å²) in [6.45, 7) is 5.04. The molecule has 1 saturated carbocycles. The predicted molar refractivity (Wildman–Crippen MR) is 71.1 cm³/mol. The normalized spacial score (nSPS) is 29.2. The van der Waals surface area contributed by atoms with Gasteiger partial charge in [0.2, 0.25) is 0 Å². The standard InChI is InChI=1S/C15H28O2/c1-4-5-6-10-14(16)15(12-17-3)11-8-7-9-13(15)2/h13H,4-12H2,1-3H3. The third-order valence-corrected chi connectivity index (χ3v) is 4.42. The second-order valence-electron chi connectivity index (χ2n) is 5.62. The number of hydrogen-bond donors (Lipinski definition) is 0. The highest BCUT2D eigenvalue weighted by Gasteiger charge is 2.43. The molecule has 0 aromatic rings. The molecule has 1 rings (SSSR count). The molecule has 1 aliphatic rings. The molecule has 0 radical (unpaired) electrons. The quantitative estimate of drug-likeness (QED) is 0.629. The number of rotatable bonds is 7. The van der Waals surface area contributed by atoms with Gasteiger partial charge in [0.05, 0.1) is 12.0 Å². The van der Waals surface area contributed by atoms with E-state index in [4.69, 9.17) is 4.74 Å². The lowest BCUT2D eigenvalue weighted by molar-refractivity contribution is -0.138. The molecule has 17 heavy (non-hydrogen) atoms. The number of unbranched alkanes of at least 4 members (excludes halogenated alkanes) is 2. The van der Waals surface area contributed by atoms with Gasteiger partial charge in [0.1, 0.15) is 5.78 Å². The van der Waals surface area contributed by atoms with Crippen molar-refractivity contribution in [1.29, 1.82) is 0 Å². The summed E-state index contributed by atoms with van der Waals surface area (Å²) in [4.78, 5) is 12.5. The molecule has 0 aliphatic heterocycles. The number of hydrogen-bond acceptors (Lipinski definition) is 2. The monoisotopic (exact) mass is 240 g/mol. The second-order valence-corrected chi connectivity index (χ2v) is 5.62. The minimum Gasteiger partial charge on any atom is -0.384 e. The molecule has 0 aromatic carbocycles. The van der Waals surface area contributed by atoms with Crippen molar-refractivity contribution < 1.29 is 9.53 Å². The summed E-state index contributed by atoms with van der Waals surface area (Å²) in [5.41, 5.74) is -0.166. The molecule has 2 atom stereocenters. The van der Waals surface area contributed by atoms with Crippen molar-refractivity contribution in [2.75, 3.05) is 13.7 Å². The molecular weight excluding hydrogens is 212 g/mol. The van der Waals surface area contributed by atoms with Gasteiger partial charge in [-0.2, -0.15) is 0 Å². The molecule has 0 heterocycles. The van der Waals surface area contributed by atoms with Crippen molar-refractivity contribution in [3.05, 3.63) is 0 Å². The lowest BCUT2D eigenvalue weighted by atomic mass is 9.64. The molecule has 2 heteroatoms. The molecule has 100 valence electrons. The summed E-state index contributed by atoms with van der Waals surface area (Å²) in [6, 6.07) is 0.